The lowest BCUT2D eigenvalue weighted by molar-refractivity contribution is 0.0451. The highest BCUT2D eigenvalue weighted by atomic mass is 16.3. The molecular formula is C27H38N2O2. The number of aryl methyl sites for hydroxylation is 1. The van der Waals surface area contributed by atoms with Crippen LogP contribution in [0.4, 0.5) is 11.4 Å². The molecule has 0 aromatic heterocycles. The molecule has 0 spiro atoms. The quantitative estimate of drug-likeness (QED) is 0.525. The lowest BCUT2D eigenvalue weighted by Crippen LogP contribution is -2.41. The maximum absolute atomic E-state index is 12.8. The van der Waals surface area contributed by atoms with Crippen LogP contribution in [0.5, 0.6) is 0 Å². The Hall–Kier alpha value is -2.33. The van der Waals surface area contributed by atoms with Crippen molar-refractivity contribution in [1.82, 2.24) is 0 Å². The van der Waals surface area contributed by atoms with Crippen molar-refractivity contribution in [3.63, 3.8) is 0 Å². The molecule has 4 heteroatoms. The third-order valence-electron chi connectivity index (χ3n) is 7.00. The van der Waals surface area contributed by atoms with Gasteiger partial charge in [-0.3, -0.25) is 4.79 Å². The van der Waals surface area contributed by atoms with Crippen LogP contribution in [-0.2, 0) is 11.8 Å². The molecule has 2 aliphatic carbocycles. The van der Waals surface area contributed by atoms with E-state index in [0.717, 1.165) is 44.9 Å². The minimum Gasteiger partial charge on any atom is -0.397 e. The molecule has 1 saturated carbocycles. The van der Waals surface area contributed by atoms with Gasteiger partial charge in [0.15, 0.2) is 0 Å². The van der Waals surface area contributed by atoms with Crippen molar-refractivity contribution in [3.8, 4) is 0 Å². The van der Waals surface area contributed by atoms with E-state index in [9.17, 15) is 9.90 Å². The molecule has 2 aromatic rings. The first-order valence-electron chi connectivity index (χ1n) is 11.9. The zero-order chi connectivity index (χ0) is 22.4. The van der Waals surface area contributed by atoms with Crippen LogP contribution in [0, 0.1) is 5.92 Å². The van der Waals surface area contributed by atoms with Gasteiger partial charge in [-0.15, -0.1) is 0 Å². The van der Waals surface area contributed by atoms with Gasteiger partial charge in [-0.1, -0.05) is 45.4 Å². The highest BCUT2D eigenvalue weighted by Crippen LogP contribution is 2.51. The smallest absolute Gasteiger partial charge is 0.255 e. The van der Waals surface area contributed by atoms with Gasteiger partial charge in [0.05, 0.1) is 17.5 Å². The zero-order valence-corrected chi connectivity index (χ0v) is 19.3. The summed E-state index contributed by atoms with van der Waals surface area (Å²) in [5, 5.41) is 13.2. The number of aliphatic hydroxyl groups is 1. The second-order valence-corrected chi connectivity index (χ2v) is 9.15. The Kier molecular flexibility index (Phi) is 7.77. The number of carbonyl (C=O) groups excluding carboxylic acids is 1. The summed E-state index contributed by atoms with van der Waals surface area (Å²) in [7, 11) is 0. The number of anilines is 2. The van der Waals surface area contributed by atoms with E-state index in [1.54, 1.807) is 6.07 Å². The van der Waals surface area contributed by atoms with E-state index < -0.39 is 0 Å². The minimum absolute atomic E-state index is 0.119. The van der Waals surface area contributed by atoms with Gasteiger partial charge in [-0.05, 0) is 91.7 Å². The third kappa shape index (κ3) is 4.95. The first-order chi connectivity index (χ1) is 14.9. The number of nitrogens with one attached hydrogen (secondary N) is 1. The van der Waals surface area contributed by atoms with Crippen LogP contribution in [-0.4, -0.2) is 17.1 Å². The molecule has 0 aliphatic heterocycles. The Bertz CT molecular complexity index is 895. The normalized spacial score (nSPS) is 24.6. The first kappa shape index (κ1) is 23.3. The molecule has 2 aromatic carbocycles. The van der Waals surface area contributed by atoms with Gasteiger partial charge < -0.3 is 16.2 Å². The SMILES string of the molecule is CCC.CCC12CCC(O)CC1CCCc1cc(C(=O)Nc3ccccc3N)ccc12. The Morgan fingerprint density at radius 3 is 2.61 bits per heavy atom. The number of nitrogen functional groups attached to an aromatic ring is 1. The van der Waals surface area contributed by atoms with Crippen molar-refractivity contribution in [2.75, 3.05) is 11.1 Å². The number of aliphatic hydroxyl groups excluding tert-OH is 1. The Balaban J connectivity index is 0.000000858. The van der Waals surface area contributed by atoms with Gasteiger partial charge in [0, 0.05) is 5.56 Å². The number of fused-ring (bicyclic) bond motifs is 3. The molecule has 0 bridgehead atoms. The molecule has 1 fully saturated rings. The molecule has 1 amide bonds. The number of amides is 1. The van der Waals surface area contributed by atoms with Crippen LogP contribution in [0.25, 0.3) is 0 Å². The van der Waals surface area contributed by atoms with Crippen molar-refractivity contribution < 1.29 is 9.90 Å². The molecule has 2 aliphatic rings. The fraction of sp³-hybridized carbons (Fsp3) is 0.519. The van der Waals surface area contributed by atoms with Crippen molar-refractivity contribution >= 4 is 17.3 Å². The molecule has 0 radical (unpaired) electrons. The number of nitrogens with two attached hydrogens (primary N) is 1. The van der Waals surface area contributed by atoms with E-state index in [1.165, 1.54) is 17.5 Å². The predicted octanol–water partition coefficient (Wildman–Crippen LogP) is 6.08. The monoisotopic (exact) mass is 422 g/mol. The standard InChI is InChI=1S/C24H30N2O2.C3H8/c1-2-24-13-12-19(27)15-18(24)7-5-6-16-14-17(10-11-20(16)24)23(28)26-22-9-4-3-8-21(22)25;1-3-2/h3-4,8-11,14,18-19,27H,2,5-7,12-13,15,25H2,1H3,(H,26,28);3H2,1-2H3. The van der Waals surface area contributed by atoms with Gasteiger partial charge in [-0.2, -0.15) is 0 Å². The van der Waals surface area contributed by atoms with Crippen LogP contribution >= 0.6 is 0 Å². The number of rotatable bonds is 3. The van der Waals surface area contributed by atoms with Crippen LogP contribution in [0.15, 0.2) is 42.5 Å². The van der Waals surface area contributed by atoms with Crippen LogP contribution in [0.2, 0.25) is 0 Å². The summed E-state index contributed by atoms with van der Waals surface area (Å²) in [5.41, 5.74) is 10.7. The number of para-hydroxylation sites is 2. The molecule has 3 unspecified atom stereocenters. The highest BCUT2D eigenvalue weighted by Gasteiger charge is 2.45. The second kappa shape index (κ2) is 10.3. The maximum atomic E-state index is 12.8. The molecule has 4 nitrogen and oxygen atoms in total. The number of hydrogen-bond donors (Lipinski definition) is 3. The van der Waals surface area contributed by atoms with E-state index in [4.69, 9.17) is 5.73 Å². The maximum Gasteiger partial charge on any atom is 0.255 e. The molecule has 0 saturated heterocycles. The highest BCUT2D eigenvalue weighted by molar-refractivity contribution is 6.05. The molecule has 168 valence electrons. The third-order valence-corrected chi connectivity index (χ3v) is 7.00. The van der Waals surface area contributed by atoms with Crippen LogP contribution in [0.1, 0.15) is 87.2 Å². The van der Waals surface area contributed by atoms with Gasteiger partial charge in [0.2, 0.25) is 0 Å². The lowest BCUT2D eigenvalue weighted by Gasteiger charge is -2.46. The second-order valence-electron chi connectivity index (χ2n) is 9.15. The number of carbonyl (C=O) groups is 1. The predicted molar refractivity (Wildman–Crippen MR) is 129 cm³/mol. The van der Waals surface area contributed by atoms with E-state index in [0.29, 0.717) is 22.9 Å². The van der Waals surface area contributed by atoms with Gasteiger partial charge >= 0.3 is 0 Å². The topological polar surface area (TPSA) is 75.3 Å². The van der Waals surface area contributed by atoms with E-state index >= 15 is 0 Å². The summed E-state index contributed by atoms with van der Waals surface area (Å²) in [6, 6.07) is 13.5. The summed E-state index contributed by atoms with van der Waals surface area (Å²) >= 11 is 0. The van der Waals surface area contributed by atoms with E-state index in [1.807, 2.05) is 24.3 Å². The molecule has 4 N–H and O–H groups in total. The number of benzene rings is 2. The Morgan fingerprint density at radius 1 is 1.16 bits per heavy atom. The van der Waals surface area contributed by atoms with Gasteiger partial charge in [0.25, 0.3) is 5.91 Å². The summed E-state index contributed by atoms with van der Waals surface area (Å²) in [6.45, 7) is 6.53. The largest absolute Gasteiger partial charge is 0.397 e. The van der Waals surface area contributed by atoms with Crippen molar-refractivity contribution in [1.29, 1.82) is 0 Å². The molecule has 4 rings (SSSR count). The van der Waals surface area contributed by atoms with Crippen LogP contribution in [0.3, 0.4) is 0 Å². The van der Waals surface area contributed by atoms with Crippen molar-refractivity contribution in [3.05, 3.63) is 59.2 Å². The Labute approximate surface area is 187 Å². The molecule has 3 atom stereocenters. The zero-order valence-electron chi connectivity index (χ0n) is 19.3. The van der Waals surface area contributed by atoms with E-state index in [-0.39, 0.29) is 17.4 Å². The molecule has 31 heavy (non-hydrogen) atoms. The summed E-state index contributed by atoms with van der Waals surface area (Å²) in [6.07, 6.45) is 8.26. The first-order valence-corrected chi connectivity index (χ1v) is 11.9. The summed E-state index contributed by atoms with van der Waals surface area (Å²) in [5.74, 6) is 0.414. The lowest BCUT2D eigenvalue weighted by atomic mass is 9.59. The van der Waals surface area contributed by atoms with E-state index in [2.05, 4.69) is 38.2 Å². The van der Waals surface area contributed by atoms with Gasteiger partial charge in [0.1, 0.15) is 0 Å². The minimum atomic E-state index is -0.160. The number of hydrogen-bond acceptors (Lipinski definition) is 3. The molecule has 0 heterocycles. The van der Waals surface area contributed by atoms with Crippen molar-refractivity contribution in [2.24, 2.45) is 5.92 Å². The fourth-order valence-electron chi connectivity index (χ4n) is 5.48. The average Bonchev–Trinajstić information content (AvgIpc) is 2.92. The molecular weight excluding hydrogens is 384 g/mol. The summed E-state index contributed by atoms with van der Waals surface area (Å²) < 4.78 is 0. The average molecular weight is 423 g/mol. The summed E-state index contributed by atoms with van der Waals surface area (Å²) in [4.78, 5) is 12.8. The fourth-order valence-corrected chi connectivity index (χ4v) is 5.48. The van der Waals surface area contributed by atoms with Crippen LogP contribution < -0.4 is 11.1 Å². The van der Waals surface area contributed by atoms with Crippen molar-refractivity contribution in [2.45, 2.75) is 83.7 Å². The Morgan fingerprint density at radius 2 is 1.90 bits per heavy atom. The van der Waals surface area contributed by atoms with Gasteiger partial charge in [-0.25, -0.2) is 0 Å².